The summed E-state index contributed by atoms with van der Waals surface area (Å²) >= 11 is 3.23. The summed E-state index contributed by atoms with van der Waals surface area (Å²) in [6, 6.07) is 13.1. The summed E-state index contributed by atoms with van der Waals surface area (Å²) in [4.78, 5) is 6.34. The van der Waals surface area contributed by atoms with Crippen molar-refractivity contribution in [2.75, 3.05) is 11.4 Å². The largest absolute Gasteiger partial charge is 0.369 e. The third-order valence-corrected chi connectivity index (χ3v) is 4.20. The number of guanidine groups is 1. The van der Waals surface area contributed by atoms with Gasteiger partial charge in [0.05, 0.1) is 17.1 Å². The Morgan fingerprint density at radius 2 is 2.10 bits per heavy atom. The van der Waals surface area contributed by atoms with Gasteiger partial charge in [-0.05, 0) is 58.2 Å². The van der Waals surface area contributed by atoms with Crippen molar-refractivity contribution in [2.24, 2.45) is 10.7 Å². The average molecular weight is 348 g/mol. The number of benzene rings is 2. The second-order valence-corrected chi connectivity index (χ2v) is 5.95. The Balaban J connectivity index is 2.00. The molecule has 0 saturated carbocycles. The van der Waals surface area contributed by atoms with E-state index in [1.54, 1.807) is 12.1 Å². The smallest absolute Gasteiger partial charge is 0.196 e. The summed E-state index contributed by atoms with van der Waals surface area (Å²) in [5, 5.41) is 0. The van der Waals surface area contributed by atoms with Gasteiger partial charge in [-0.15, -0.1) is 0 Å². The van der Waals surface area contributed by atoms with Gasteiger partial charge in [0.1, 0.15) is 5.82 Å². The van der Waals surface area contributed by atoms with Crippen LogP contribution >= 0.6 is 15.9 Å². The highest BCUT2D eigenvalue weighted by atomic mass is 79.9. The standard InChI is InChI=1S/C16H15BrFN3/c1-10-3-2-4-12(7-10)21-15(9-20-16(21)19)11-5-6-14(18)13(17)8-11/h2-8,15H,9H2,1H3,(H2,19,20). The quantitative estimate of drug-likeness (QED) is 0.898. The van der Waals surface area contributed by atoms with Crippen LogP contribution < -0.4 is 10.6 Å². The maximum atomic E-state index is 13.4. The predicted molar refractivity (Wildman–Crippen MR) is 87.0 cm³/mol. The zero-order chi connectivity index (χ0) is 15.0. The molecule has 5 heteroatoms. The van der Waals surface area contributed by atoms with Gasteiger partial charge in [0, 0.05) is 5.69 Å². The first-order valence-electron chi connectivity index (χ1n) is 6.67. The molecular weight excluding hydrogens is 333 g/mol. The number of aryl methyl sites for hydroxylation is 1. The van der Waals surface area contributed by atoms with Crippen molar-refractivity contribution < 1.29 is 4.39 Å². The number of hydrogen-bond acceptors (Lipinski definition) is 3. The molecule has 1 atom stereocenters. The van der Waals surface area contributed by atoms with Crippen LogP contribution in [0.1, 0.15) is 17.2 Å². The van der Waals surface area contributed by atoms with E-state index in [1.807, 2.05) is 30.0 Å². The van der Waals surface area contributed by atoms with E-state index in [0.29, 0.717) is 17.0 Å². The van der Waals surface area contributed by atoms with Crippen molar-refractivity contribution >= 4 is 27.6 Å². The van der Waals surface area contributed by atoms with Crippen LogP contribution in [0.2, 0.25) is 0 Å². The van der Waals surface area contributed by atoms with E-state index in [-0.39, 0.29) is 11.9 Å². The second kappa shape index (κ2) is 5.48. The number of halogens is 2. The lowest BCUT2D eigenvalue weighted by atomic mass is 10.1. The molecule has 3 rings (SSSR count). The lowest BCUT2D eigenvalue weighted by Gasteiger charge is -2.27. The molecule has 0 saturated heterocycles. The van der Waals surface area contributed by atoms with Crippen LogP contribution in [0.5, 0.6) is 0 Å². The minimum atomic E-state index is -0.271. The van der Waals surface area contributed by atoms with Crippen LogP contribution in [0.25, 0.3) is 0 Å². The van der Waals surface area contributed by atoms with Crippen LogP contribution in [-0.4, -0.2) is 12.5 Å². The molecule has 0 aromatic heterocycles. The fourth-order valence-corrected chi connectivity index (χ4v) is 2.96. The fraction of sp³-hybridized carbons (Fsp3) is 0.188. The summed E-state index contributed by atoms with van der Waals surface area (Å²) in [7, 11) is 0. The molecule has 0 fully saturated rings. The predicted octanol–water partition coefficient (Wildman–Crippen LogP) is 3.77. The number of nitrogens with two attached hydrogens (primary N) is 1. The van der Waals surface area contributed by atoms with Gasteiger partial charge in [-0.1, -0.05) is 18.2 Å². The summed E-state index contributed by atoms with van der Waals surface area (Å²) in [6.45, 7) is 2.61. The van der Waals surface area contributed by atoms with Crippen LogP contribution in [0.3, 0.4) is 0 Å². The van der Waals surface area contributed by atoms with Crippen molar-refractivity contribution in [3.8, 4) is 0 Å². The molecule has 1 aliphatic heterocycles. The molecule has 2 N–H and O–H groups in total. The van der Waals surface area contributed by atoms with Crippen LogP contribution in [-0.2, 0) is 0 Å². The average Bonchev–Trinajstić information content (AvgIpc) is 2.84. The highest BCUT2D eigenvalue weighted by Crippen LogP contribution is 2.33. The summed E-state index contributed by atoms with van der Waals surface area (Å²) in [5.74, 6) is 0.221. The maximum Gasteiger partial charge on any atom is 0.196 e. The zero-order valence-corrected chi connectivity index (χ0v) is 13.1. The van der Waals surface area contributed by atoms with Crippen LogP contribution in [0.4, 0.5) is 10.1 Å². The molecule has 0 spiro atoms. The van der Waals surface area contributed by atoms with E-state index in [2.05, 4.69) is 27.0 Å². The van der Waals surface area contributed by atoms with Gasteiger partial charge in [-0.25, -0.2) is 4.39 Å². The number of rotatable bonds is 2. The number of aliphatic imine (C=N–C) groups is 1. The van der Waals surface area contributed by atoms with Crippen molar-refractivity contribution in [3.63, 3.8) is 0 Å². The third-order valence-electron chi connectivity index (χ3n) is 3.59. The lowest BCUT2D eigenvalue weighted by Crippen LogP contribution is -2.36. The van der Waals surface area contributed by atoms with E-state index >= 15 is 0 Å². The van der Waals surface area contributed by atoms with Gasteiger partial charge in [0.2, 0.25) is 0 Å². The fourth-order valence-electron chi connectivity index (χ4n) is 2.56. The Bertz CT molecular complexity index is 714. The molecule has 1 unspecified atom stereocenters. The maximum absolute atomic E-state index is 13.4. The van der Waals surface area contributed by atoms with Crippen molar-refractivity contribution in [1.82, 2.24) is 0 Å². The van der Waals surface area contributed by atoms with E-state index in [4.69, 9.17) is 5.73 Å². The van der Waals surface area contributed by atoms with E-state index in [0.717, 1.165) is 16.8 Å². The van der Waals surface area contributed by atoms with Crippen LogP contribution in [0, 0.1) is 12.7 Å². The first-order chi connectivity index (χ1) is 10.1. The molecular formula is C16H15BrFN3. The number of nitrogens with zero attached hydrogens (tertiary/aromatic N) is 2. The topological polar surface area (TPSA) is 41.6 Å². The molecule has 2 aromatic carbocycles. The number of anilines is 1. The van der Waals surface area contributed by atoms with E-state index in [9.17, 15) is 4.39 Å². The zero-order valence-electron chi connectivity index (χ0n) is 11.6. The van der Waals surface area contributed by atoms with Gasteiger partial charge in [0.15, 0.2) is 5.96 Å². The first-order valence-corrected chi connectivity index (χ1v) is 7.46. The third kappa shape index (κ3) is 2.65. The Labute approximate surface area is 131 Å². The van der Waals surface area contributed by atoms with Crippen molar-refractivity contribution in [2.45, 2.75) is 13.0 Å². The Morgan fingerprint density at radius 1 is 1.29 bits per heavy atom. The van der Waals surface area contributed by atoms with Gasteiger partial charge in [-0.2, -0.15) is 0 Å². The van der Waals surface area contributed by atoms with Gasteiger partial charge in [-0.3, -0.25) is 4.99 Å². The minimum absolute atomic E-state index is 0.0105. The van der Waals surface area contributed by atoms with Gasteiger partial charge < -0.3 is 10.6 Å². The van der Waals surface area contributed by atoms with E-state index < -0.39 is 0 Å². The molecule has 0 radical (unpaired) electrons. The van der Waals surface area contributed by atoms with Crippen molar-refractivity contribution in [1.29, 1.82) is 0 Å². The Morgan fingerprint density at radius 3 is 2.81 bits per heavy atom. The Kier molecular flexibility index (Phi) is 3.68. The molecule has 1 heterocycles. The molecule has 2 aromatic rings. The van der Waals surface area contributed by atoms with Crippen LogP contribution in [0.15, 0.2) is 51.9 Å². The minimum Gasteiger partial charge on any atom is -0.369 e. The first kappa shape index (κ1) is 14.1. The monoisotopic (exact) mass is 347 g/mol. The summed E-state index contributed by atoms with van der Waals surface area (Å²) in [5.41, 5.74) is 9.19. The molecule has 21 heavy (non-hydrogen) atoms. The van der Waals surface area contributed by atoms with Gasteiger partial charge in [0.25, 0.3) is 0 Å². The molecule has 108 valence electrons. The number of hydrogen-bond donors (Lipinski definition) is 1. The molecule has 0 amide bonds. The van der Waals surface area contributed by atoms with Gasteiger partial charge >= 0.3 is 0 Å². The molecule has 0 aliphatic carbocycles. The Hall–Kier alpha value is -1.88. The highest BCUT2D eigenvalue weighted by molar-refractivity contribution is 9.10. The summed E-state index contributed by atoms with van der Waals surface area (Å²) < 4.78 is 13.9. The van der Waals surface area contributed by atoms with E-state index in [1.165, 1.54) is 6.07 Å². The normalized spacial score (nSPS) is 18.0. The SMILES string of the molecule is Cc1cccc(N2C(N)=NCC2c2ccc(F)c(Br)c2)c1. The lowest BCUT2D eigenvalue weighted by molar-refractivity contribution is 0.618. The molecule has 3 nitrogen and oxygen atoms in total. The summed E-state index contributed by atoms with van der Waals surface area (Å²) in [6.07, 6.45) is 0. The molecule has 0 bridgehead atoms. The highest BCUT2D eigenvalue weighted by Gasteiger charge is 2.29. The van der Waals surface area contributed by atoms with Crippen molar-refractivity contribution in [3.05, 3.63) is 63.9 Å². The molecule has 1 aliphatic rings. The second-order valence-electron chi connectivity index (χ2n) is 5.10.